The largest absolute Gasteiger partial charge is 0.469 e. The summed E-state index contributed by atoms with van der Waals surface area (Å²) in [6.07, 6.45) is 3.18. The van der Waals surface area contributed by atoms with Gasteiger partial charge in [0.25, 0.3) is 5.91 Å². The van der Waals surface area contributed by atoms with E-state index in [0.29, 0.717) is 12.1 Å². The van der Waals surface area contributed by atoms with Crippen molar-refractivity contribution >= 4 is 5.91 Å². The van der Waals surface area contributed by atoms with Crippen molar-refractivity contribution in [2.45, 2.75) is 13.5 Å². The molecule has 3 aromatic rings. The molecule has 21 heavy (non-hydrogen) atoms. The second-order valence-corrected chi connectivity index (χ2v) is 4.80. The van der Waals surface area contributed by atoms with E-state index in [-0.39, 0.29) is 5.91 Å². The fourth-order valence-electron chi connectivity index (χ4n) is 2.07. The molecule has 0 spiro atoms. The average Bonchev–Trinajstić information content (AvgIpc) is 3.16. The quantitative estimate of drug-likeness (QED) is 0.772. The van der Waals surface area contributed by atoms with Crippen LogP contribution in [0.3, 0.4) is 0 Å². The highest BCUT2D eigenvalue weighted by Gasteiger charge is 2.08. The number of rotatable bonds is 4. The Hall–Kier alpha value is -2.82. The van der Waals surface area contributed by atoms with Crippen LogP contribution in [-0.2, 0) is 6.54 Å². The highest BCUT2D eigenvalue weighted by atomic mass is 16.3. The van der Waals surface area contributed by atoms with Gasteiger partial charge in [-0.25, -0.2) is 0 Å². The van der Waals surface area contributed by atoms with Gasteiger partial charge in [-0.3, -0.25) is 9.89 Å². The second-order valence-electron chi connectivity index (χ2n) is 4.80. The number of furan rings is 1. The minimum Gasteiger partial charge on any atom is -0.469 e. The van der Waals surface area contributed by atoms with Crippen molar-refractivity contribution in [2.75, 3.05) is 0 Å². The standard InChI is InChI=1S/C16H15N3O2/c1-11-8-14(10-21-11)16(20)17-9-12-2-4-13(5-3-12)15-6-7-18-19-15/h2-8,10H,9H2,1H3,(H,17,20)(H,18,19). The molecule has 2 heterocycles. The van der Waals surface area contributed by atoms with Crippen molar-refractivity contribution in [3.63, 3.8) is 0 Å². The van der Waals surface area contributed by atoms with E-state index in [4.69, 9.17) is 4.42 Å². The van der Waals surface area contributed by atoms with E-state index in [9.17, 15) is 4.79 Å². The molecule has 0 saturated heterocycles. The van der Waals surface area contributed by atoms with Crippen molar-refractivity contribution in [3.05, 3.63) is 65.7 Å². The van der Waals surface area contributed by atoms with Crippen molar-refractivity contribution in [1.29, 1.82) is 0 Å². The van der Waals surface area contributed by atoms with Gasteiger partial charge in [0.05, 0.1) is 11.3 Å². The van der Waals surface area contributed by atoms with Gasteiger partial charge in [0.2, 0.25) is 0 Å². The van der Waals surface area contributed by atoms with Crippen LogP contribution < -0.4 is 5.32 Å². The zero-order chi connectivity index (χ0) is 14.7. The zero-order valence-corrected chi connectivity index (χ0v) is 11.6. The van der Waals surface area contributed by atoms with Crippen molar-refractivity contribution in [2.24, 2.45) is 0 Å². The number of H-pyrrole nitrogens is 1. The number of aryl methyl sites for hydroxylation is 1. The Morgan fingerprint density at radius 1 is 1.29 bits per heavy atom. The average molecular weight is 281 g/mol. The maximum atomic E-state index is 11.9. The Morgan fingerprint density at radius 3 is 2.71 bits per heavy atom. The summed E-state index contributed by atoms with van der Waals surface area (Å²) in [5.41, 5.74) is 3.61. The van der Waals surface area contributed by atoms with E-state index in [1.165, 1.54) is 6.26 Å². The number of nitrogens with zero attached hydrogens (tertiary/aromatic N) is 1. The Labute approximate surface area is 122 Å². The van der Waals surface area contributed by atoms with Gasteiger partial charge >= 0.3 is 0 Å². The molecule has 0 aliphatic carbocycles. The predicted molar refractivity (Wildman–Crippen MR) is 78.6 cm³/mol. The van der Waals surface area contributed by atoms with Gasteiger partial charge in [0.15, 0.2) is 0 Å². The molecule has 2 aromatic heterocycles. The minimum absolute atomic E-state index is 0.135. The van der Waals surface area contributed by atoms with Gasteiger partial charge in [-0.15, -0.1) is 0 Å². The van der Waals surface area contributed by atoms with Crippen LogP contribution in [0.15, 0.2) is 53.3 Å². The first-order valence-corrected chi connectivity index (χ1v) is 6.64. The Balaban J connectivity index is 1.62. The number of aromatic nitrogens is 2. The number of aromatic amines is 1. The van der Waals surface area contributed by atoms with Crippen LogP contribution in [0, 0.1) is 6.92 Å². The van der Waals surface area contributed by atoms with Gasteiger partial charge < -0.3 is 9.73 Å². The molecule has 0 aliphatic heterocycles. The molecule has 1 amide bonds. The van der Waals surface area contributed by atoms with E-state index in [2.05, 4.69) is 15.5 Å². The normalized spacial score (nSPS) is 10.5. The van der Waals surface area contributed by atoms with Crippen LogP contribution in [0.2, 0.25) is 0 Å². The second kappa shape index (κ2) is 5.66. The van der Waals surface area contributed by atoms with E-state index in [1.54, 1.807) is 12.3 Å². The van der Waals surface area contributed by atoms with Crippen molar-refractivity contribution < 1.29 is 9.21 Å². The van der Waals surface area contributed by atoms with Crippen molar-refractivity contribution in [1.82, 2.24) is 15.5 Å². The lowest BCUT2D eigenvalue weighted by Gasteiger charge is -2.05. The maximum Gasteiger partial charge on any atom is 0.254 e. The summed E-state index contributed by atoms with van der Waals surface area (Å²) in [4.78, 5) is 11.9. The number of carbonyl (C=O) groups is 1. The Kier molecular flexibility index (Phi) is 3.55. The van der Waals surface area contributed by atoms with Crippen LogP contribution in [-0.4, -0.2) is 16.1 Å². The van der Waals surface area contributed by atoms with Gasteiger partial charge in [-0.2, -0.15) is 5.10 Å². The summed E-state index contributed by atoms with van der Waals surface area (Å²) in [6.45, 7) is 2.29. The molecule has 5 heteroatoms. The first-order valence-electron chi connectivity index (χ1n) is 6.64. The fourth-order valence-corrected chi connectivity index (χ4v) is 2.07. The van der Waals surface area contributed by atoms with Crippen LogP contribution in [0.4, 0.5) is 0 Å². The van der Waals surface area contributed by atoms with Crippen molar-refractivity contribution in [3.8, 4) is 11.3 Å². The van der Waals surface area contributed by atoms with Crippen LogP contribution in [0.25, 0.3) is 11.3 Å². The summed E-state index contributed by atoms with van der Waals surface area (Å²) < 4.78 is 5.12. The van der Waals surface area contributed by atoms with Gasteiger partial charge in [-0.1, -0.05) is 24.3 Å². The molecule has 0 atom stereocenters. The highest BCUT2D eigenvalue weighted by Crippen LogP contribution is 2.16. The third-order valence-corrected chi connectivity index (χ3v) is 3.21. The number of amides is 1. The first kappa shape index (κ1) is 13.2. The SMILES string of the molecule is Cc1cc(C(=O)NCc2ccc(-c3ccn[nH]3)cc2)co1. The Morgan fingerprint density at radius 2 is 2.10 bits per heavy atom. The number of hydrogen-bond acceptors (Lipinski definition) is 3. The lowest BCUT2D eigenvalue weighted by atomic mass is 10.1. The number of benzene rings is 1. The molecule has 106 valence electrons. The predicted octanol–water partition coefficient (Wildman–Crippen LogP) is 2.91. The molecule has 0 bridgehead atoms. The smallest absolute Gasteiger partial charge is 0.254 e. The molecular weight excluding hydrogens is 266 g/mol. The number of hydrogen-bond donors (Lipinski definition) is 2. The lowest BCUT2D eigenvalue weighted by molar-refractivity contribution is 0.0950. The molecule has 0 saturated carbocycles. The lowest BCUT2D eigenvalue weighted by Crippen LogP contribution is -2.22. The number of carbonyl (C=O) groups excluding carboxylic acids is 1. The minimum atomic E-state index is -0.135. The van der Waals surface area contributed by atoms with Crippen LogP contribution in [0.5, 0.6) is 0 Å². The molecule has 0 fully saturated rings. The van der Waals surface area contributed by atoms with E-state index in [0.717, 1.165) is 22.6 Å². The molecule has 0 aliphatic rings. The van der Waals surface area contributed by atoms with Gasteiger partial charge in [0.1, 0.15) is 12.0 Å². The molecule has 1 aromatic carbocycles. The highest BCUT2D eigenvalue weighted by molar-refractivity contribution is 5.93. The van der Waals surface area contributed by atoms with Crippen LogP contribution in [0.1, 0.15) is 21.7 Å². The summed E-state index contributed by atoms with van der Waals surface area (Å²) in [6, 6.07) is 11.6. The monoisotopic (exact) mass is 281 g/mol. The molecule has 0 unspecified atom stereocenters. The third-order valence-electron chi connectivity index (χ3n) is 3.21. The zero-order valence-electron chi connectivity index (χ0n) is 11.6. The van der Waals surface area contributed by atoms with E-state index < -0.39 is 0 Å². The molecular formula is C16H15N3O2. The Bertz CT molecular complexity index is 727. The first-order chi connectivity index (χ1) is 10.2. The summed E-state index contributed by atoms with van der Waals surface area (Å²) >= 11 is 0. The molecule has 3 rings (SSSR count). The third kappa shape index (κ3) is 3.02. The number of nitrogens with one attached hydrogen (secondary N) is 2. The molecule has 5 nitrogen and oxygen atoms in total. The topological polar surface area (TPSA) is 70.9 Å². The molecule has 2 N–H and O–H groups in total. The van der Waals surface area contributed by atoms with E-state index in [1.807, 2.05) is 37.3 Å². The summed E-state index contributed by atoms with van der Waals surface area (Å²) in [5.74, 6) is 0.591. The summed E-state index contributed by atoms with van der Waals surface area (Å²) in [5, 5.41) is 9.71. The maximum absolute atomic E-state index is 11.9. The summed E-state index contributed by atoms with van der Waals surface area (Å²) in [7, 11) is 0. The van der Waals surface area contributed by atoms with Gasteiger partial charge in [-0.05, 0) is 30.2 Å². The molecule has 0 radical (unpaired) electrons. The fraction of sp³-hybridized carbons (Fsp3) is 0.125. The van der Waals surface area contributed by atoms with Crippen LogP contribution >= 0.6 is 0 Å². The van der Waals surface area contributed by atoms with Gasteiger partial charge in [0, 0.05) is 12.7 Å². The van der Waals surface area contributed by atoms with E-state index >= 15 is 0 Å².